The number of hydrazine groups is 1. The van der Waals surface area contributed by atoms with E-state index in [0.717, 1.165) is 12.0 Å². The number of benzene rings is 1. The Morgan fingerprint density at radius 1 is 1.26 bits per heavy atom. The van der Waals surface area contributed by atoms with Crippen LogP contribution < -0.4 is 5.43 Å². The van der Waals surface area contributed by atoms with Gasteiger partial charge in [0.1, 0.15) is 0 Å². The molecule has 0 heterocycles. The highest BCUT2D eigenvalue weighted by Gasteiger charge is 2.30. The molecule has 0 spiro atoms. The van der Waals surface area contributed by atoms with Crippen LogP contribution in [0.3, 0.4) is 0 Å². The lowest BCUT2D eigenvalue weighted by atomic mass is 9.82. The van der Waals surface area contributed by atoms with Crippen LogP contribution in [0.15, 0.2) is 24.3 Å². The predicted molar refractivity (Wildman–Crippen MR) is 80.0 cm³/mol. The molecule has 0 aromatic heterocycles. The van der Waals surface area contributed by atoms with Gasteiger partial charge in [-0.1, -0.05) is 38.1 Å². The van der Waals surface area contributed by atoms with E-state index >= 15 is 0 Å². The van der Waals surface area contributed by atoms with Gasteiger partial charge in [-0.25, -0.2) is 5.01 Å². The van der Waals surface area contributed by atoms with E-state index in [1.165, 1.54) is 5.56 Å². The summed E-state index contributed by atoms with van der Waals surface area (Å²) in [6.45, 7) is 8.31. The van der Waals surface area contributed by atoms with Crippen LogP contribution in [0.2, 0.25) is 0 Å². The van der Waals surface area contributed by atoms with Crippen molar-refractivity contribution in [3.05, 3.63) is 35.4 Å². The predicted octanol–water partition coefficient (Wildman–Crippen LogP) is 3.07. The Morgan fingerprint density at radius 3 is 2.21 bits per heavy atom. The number of nitrogens with zero attached hydrogens (tertiary/aromatic N) is 1. The van der Waals surface area contributed by atoms with Gasteiger partial charge in [0.05, 0.1) is 5.41 Å². The second kappa shape index (κ2) is 6.20. The molecule has 1 unspecified atom stereocenters. The highest BCUT2D eigenvalue weighted by atomic mass is 16.2. The van der Waals surface area contributed by atoms with Crippen molar-refractivity contribution in [1.29, 1.82) is 0 Å². The molecular weight excluding hydrogens is 236 g/mol. The monoisotopic (exact) mass is 262 g/mol. The summed E-state index contributed by atoms with van der Waals surface area (Å²) in [5.41, 5.74) is 4.66. The molecule has 0 bridgehead atoms. The van der Waals surface area contributed by atoms with Crippen molar-refractivity contribution in [3.8, 4) is 0 Å². The topological polar surface area (TPSA) is 32.3 Å². The van der Waals surface area contributed by atoms with Gasteiger partial charge in [-0.2, -0.15) is 0 Å². The molecule has 3 nitrogen and oxygen atoms in total. The maximum absolute atomic E-state index is 12.2. The number of hydrogen-bond acceptors (Lipinski definition) is 2. The van der Waals surface area contributed by atoms with Crippen LogP contribution in [0.1, 0.15) is 51.2 Å². The molecule has 1 aromatic carbocycles. The molecule has 3 heteroatoms. The third-order valence-electron chi connectivity index (χ3n) is 3.71. The summed E-state index contributed by atoms with van der Waals surface area (Å²) < 4.78 is 0. The van der Waals surface area contributed by atoms with Crippen LogP contribution in [0.5, 0.6) is 0 Å². The molecule has 0 aliphatic heterocycles. The first kappa shape index (κ1) is 15.7. The van der Waals surface area contributed by atoms with E-state index in [4.69, 9.17) is 0 Å². The number of amides is 1. The lowest BCUT2D eigenvalue weighted by Gasteiger charge is -2.26. The quantitative estimate of drug-likeness (QED) is 0.827. The Balaban J connectivity index is 2.93. The largest absolute Gasteiger partial charge is 0.289 e. The molecule has 19 heavy (non-hydrogen) atoms. The van der Waals surface area contributed by atoms with Crippen molar-refractivity contribution in [1.82, 2.24) is 10.4 Å². The van der Waals surface area contributed by atoms with E-state index in [9.17, 15) is 4.79 Å². The molecule has 0 radical (unpaired) electrons. The molecule has 1 amide bonds. The second-order valence-electron chi connectivity index (χ2n) is 5.89. The lowest BCUT2D eigenvalue weighted by molar-refractivity contribution is -0.129. The minimum Gasteiger partial charge on any atom is -0.289 e. The average molecular weight is 262 g/mol. The van der Waals surface area contributed by atoms with E-state index in [-0.39, 0.29) is 5.91 Å². The standard InChI is InChI=1S/C16H26N2O/c1-7-12(2)13-8-10-14(11-9-13)16(3,4)15(19)17-18(5)6/h8-12H,7H2,1-6H3,(H,17,19). The Labute approximate surface area is 117 Å². The summed E-state index contributed by atoms with van der Waals surface area (Å²) in [6.07, 6.45) is 1.13. The summed E-state index contributed by atoms with van der Waals surface area (Å²) in [4.78, 5) is 12.2. The average Bonchev–Trinajstić information content (AvgIpc) is 2.37. The Morgan fingerprint density at radius 2 is 1.79 bits per heavy atom. The molecule has 1 atom stereocenters. The normalized spacial score (nSPS) is 13.4. The molecule has 1 N–H and O–H groups in total. The fourth-order valence-electron chi connectivity index (χ4n) is 1.94. The Hall–Kier alpha value is -1.35. The van der Waals surface area contributed by atoms with E-state index in [1.807, 2.05) is 27.9 Å². The SMILES string of the molecule is CCC(C)c1ccc(C(C)(C)C(=O)NN(C)C)cc1. The van der Waals surface area contributed by atoms with Gasteiger partial charge in [0.2, 0.25) is 5.91 Å². The van der Waals surface area contributed by atoms with Gasteiger partial charge in [-0.3, -0.25) is 10.2 Å². The summed E-state index contributed by atoms with van der Waals surface area (Å²) in [5, 5.41) is 1.68. The molecule has 106 valence electrons. The van der Waals surface area contributed by atoms with E-state index in [1.54, 1.807) is 5.01 Å². The summed E-state index contributed by atoms with van der Waals surface area (Å²) >= 11 is 0. The van der Waals surface area contributed by atoms with Gasteiger partial charge < -0.3 is 0 Å². The number of rotatable bonds is 5. The van der Waals surface area contributed by atoms with E-state index in [2.05, 4.69) is 43.5 Å². The van der Waals surface area contributed by atoms with Crippen LogP contribution >= 0.6 is 0 Å². The molecule has 1 rings (SSSR count). The van der Waals surface area contributed by atoms with Crippen LogP contribution in [0, 0.1) is 0 Å². The maximum atomic E-state index is 12.2. The fraction of sp³-hybridized carbons (Fsp3) is 0.562. The van der Waals surface area contributed by atoms with Gasteiger partial charge in [0.15, 0.2) is 0 Å². The first-order valence-electron chi connectivity index (χ1n) is 6.87. The molecule has 0 saturated carbocycles. The highest BCUT2D eigenvalue weighted by Crippen LogP contribution is 2.26. The lowest BCUT2D eigenvalue weighted by Crippen LogP contribution is -2.46. The summed E-state index contributed by atoms with van der Waals surface area (Å²) in [5.74, 6) is 0.571. The number of carbonyl (C=O) groups is 1. The highest BCUT2D eigenvalue weighted by molar-refractivity contribution is 5.86. The minimum absolute atomic E-state index is 0.00814. The van der Waals surface area contributed by atoms with Crippen LogP contribution in [-0.4, -0.2) is 25.0 Å². The van der Waals surface area contributed by atoms with Crippen molar-refractivity contribution < 1.29 is 4.79 Å². The maximum Gasteiger partial charge on any atom is 0.244 e. The number of nitrogens with one attached hydrogen (secondary N) is 1. The van der Waals surface area contributed by atoms with Crippen molar-refractivity contribution in [2.45, 2.75) is 45.4 Å². The van der Waals surface area contributed by atoms with Crippen LogP contribution in [0.25, 0.3) is 0 Å². The summed E-state index contributed by atoms with van der Waals surface area (Å²) in [7, 11) is 3.64. The molecule has 0 fully saturated rings. The number of hydrogen-bond donors (Lipinski definition) is 1. The molecule has 0 aliphatic rings. The van der Waals surface area contributed by atoms with Crippen molar-refractivity contribution in [2.24, 2.45) is 0 Å². The molecular formula is C16H26N2O. The van der Waals surface area contributed by atoms with Crippen molar-refractivity contribution in [3.63, 3.8) is 0 Å². The number of carbonyl (C=O) groups excluding carboxylic acids is 1. The van der Waals surface area contributed by atoms with Gasteiger partial charge in [0.25, 0.3) is 0 Å². The smallest absolute Gasteiger partial charge is 0.244 e. The van der Waals surface area contributed by atoms with Gasteiger partial charge in [-0.05, 0) is 37.3 Å². The summed E-state index contributed by atoms with van der Waals surface area (Å²) in [6, 6.07) is 8.40. The van der Waals surface area contributed by atoms with Crippen molar-refractivity contribution in [2.75, 3.05) is 14.1 Å². The molecule has 0 saturated heterocycles. The van der Waals surface area contributed by atoms with E-state index in [0.29, 0.717) is 5.92 Å². The van der Waals surface area contributed by atoms with Crippen LogP contribution in [0.4, 0.5) is 0 Å². The van der Waals surface area contributed by atoms with Crippen molar-refractivity contribution >= 4 is 5.91 Å². The molecule has 0 aliphatic carbocycles. The second-order valence-corrected chi connectivity index (χ2v) is 5.89. The zero-order chi connectivity index (χ0) is 14.6. The third-order valence-corrected chi connectivity index (χ3v) is 3.71. The zero-order valence-electron chi connectivity index (χ0n) is 12.9. The first-order valence-corrected chi connectivity index (χ1v) is 6.87. The molecule has 1 aromatic rings. The van der Waals surface area contributed by atoms with Gasteiger partial charge in [-0.15, -0.1) is 0 Å². The zero-order valence-corrected chi connectivity index (χ0v) is 12.9. The van der Waals surface area contributed by atoms with Crippen LogP contribution in [-0.2, 0) is 10.2 Å². The fourth-order valence-corrected chi connectivity index (χ4v) is 1.94. The first-order chi connectivity index (χ1) is 8.78. The van der Waals surface area contributed by atoms with Gasteiger partial charge in [0, 0.05) is 14.1 Å². The third kappa shape index (κ3) is 3.80. The Bertz CT molecular complexity index is 421. The minimum atomic E-state index is -0.530. The van der Waals surface area contributed by atoms with E-state index < -0.39 is 5.41 Å². The van der Waals surface area contributed by atoms with Gasteiger partial charge >= 0.3 is 0 Å². The Kier molecular flexibility index (Phi) is 5.12.